The molecule has 0 fully saturated rings. The van der Waals surface area contributed by atoms with Crippen molar-refractivity contribution in [2.45, 2.75) is 19.4 Å². The van der Waals surface area contributed by atoms with E-state index in [2.05, 4.69) is 16.7 Å². The van der Waals surface area contributed by atoms with E-state index in [9.17, 15) is 4.79 Å². The first kappa shape index (κ1) is 18.8. The Morgan fingerprint density at radius 1 is 1.33 bits per heavy atom. The van der Waals surface area contributed by atoms with E-state index in [1.165, 1.54) is 0 Å². The highest BCUT2D eigenvalue weighted by atomic mass is 32.1. The van der Waals surface area contributed by atoms with E-state index in [-0.39, 0.29) is 5.91 Å². The van der Waals surface area contributed by atoms with Crippen LogP contribution < -0.4 is 4.74 Å². The minimum atomic E-state index is 0.0347. The largest absolute Gasteiger partial charge is 0.497 e. The summed E-state index contributed by atoms with van der Waals surface area (Å²) in [6.45, 7) is 4.84. The van der Waals surface area contributed by atoms with Gasteiger partial charge in [0, 0.05) is 29.8 Å². The second kappa shape index (κ2) is 9.14. The highest BCUT2D eigenvalue weighted by Crippen LogP contribution is 2.20. The van der Waals surface area contributed by atoms with Crippen molar-refractivity contribution in [3.63, 3.8) is 0 Å². The molecule has 2 heterocycles. The van der Waals surface area contributed by atoms with E-state index >= 15 is 0 Å². The molecule has 1 aromatic carbocycles. The van der Waals surface area contributed by atoms with Crippen LogP contribution in [0.3, 0.4) is 0 Å². The third-order valence-electron chi connectivity index (χ3n) is 4.00. The Kier molecular flexibility index (Phi) is 6.38. The first-order chi connectivity index (χ1) is 13.2. The van der Waals surface area contributed by atoms with Gasteiger partial charge < -0.3 is 14.2 Å². The molecule has 0 radical (unpaired) electrons. The average Bonchev–Trinajstić information content (AvgIpc) is 3.38. The number of aryl methyl sites for hydroxylation is 1. The highest BCUT2D eigenvalue weighted by molar-refractivity contribution is 7.09. The Labute approximate surface area is 162 Å². The molecule has 0 aliphatic heterocycles. The number of amides is 1. The molecule has 0 bridgehead atoms. The predicted octanol–water partition coefficient (Wildman–Crippen LogP) is 3.95. The van der Waals surface area contributed by atoms with Gasteiger partial charge in [-0.3, -0.25) is 4.79 Å². The van der Waals surface area contributed by atoms with E-state index < -0.39 is 0 Å². The van der Waals surface area contributed by atoms with Crippen molar-refractivity contribution in [1.82, 2.24) is 15.0 Å². The molecular formula is C20H21N3O3S. The van der Waals surface area contributed by atoms with Gasteiger partial charge in [0.1, 0.15) is 5.75 Å². The van der Waals surface area contributed by atoms with Gasteiger partial charge in [-0.25, -0.2) is 0 Å². The summed E-state index contributed by atoms with van der Waals surface area (Å²) in [7, 11) is 1.62. The van der Waals surface area contributed by atoms with E-state index in [1.54, 1.807) is 29.4 Å². The van der Waals surface area contributed by atoms with Crippen molar-refractivity contribution in [3.05, 3.63) is 65.2 Å². The topological polar surface area (TPSA) is 68.5 Å². The Hall–Kier alpha value is -2.93. The molecule has 7 heteroatoms. The molecule has 0 unspecified atom stereocenters. The molecule has 2 aromatic heterocycles. The number of hydrogen-bond donors (Lipinski definition) is 0. The second-order valence-electron chi connectivity index (χ2n) is 5.88. The van der Waals surface area contributed by atoms with Crippen LogP contribution in [0.4, 0.5) is 0 Å². The van der Waals surface area contributed by atoms with Gasteiger partial charge >= 0.3 is 0 Å². The molecule has 0 aliphatic carbocycles. The maximum absolute atomic E-state index is 12.6. The summed E-state index contributed by atoms with van der Waals surface area (Å²) in [6, 6.07) is 11.4. The highest BCUT2D eigenvalue weighted by Gasteiger charge is 2.16. The second-order valence-corrected chi connectivity index (χ2v) is 6.91. The van der Waals surface area contributed by atoms with Gasteiger partial charge in [0.15, 0.2) is 0 Å². The molecular weight excluding hydrogens is 362 g/mol. The van der Waals surface area contributed by atoms with Crippen LogP contribution in [0.2, 0.25) is 0 Å². The number of carbonyl (C=O) groups is 1. The Morgan fingerprint density at radius 2 is 2.15 bits per heavy atom. The smallest absolute Gasteiger partial charge is 0.227 e. The van der Waals surface area contributed by atoms with Crippen molar-refractivity contribution in [1.29, 1.82) is 0 Å². The van der Waals surface area contributed by atoms with Gasteiger partial charge in [-0.2, -0.15) is 4.98 Å². The lowest BCUT2D eigenvalue weighted by atomic mass is 10.2. The SMILES string of the molecule is C=CCN(Cc1cccs1)C(=O)CCc1nc(-c2ccc(OC)cc2)no1. The summed E-state index contributed by atoms with van der Waals surface area (Å²) in [5.41, 5.74) is 0.836. The normalized spacial score (nSPS) is 10.6. The van der Waals surface area contributed by atoms with E-state index in [4.69, 9.17) is 9.26 Å². The van der Waals surface area contributed by atoms with Crippen molar-refractivity contribution in [2.75, 3.05) is 13.7 Å². The number of rotatable bonds is 9. The molecule has 0 saturated heterocycles. The fraction of sp³-hybridized carbons (Fsp3) is 0.250. The summed E-state index contributed by atoms with van der Waals surface area (Å²) in [6.07, 6.45) is 2.45. The van der Waals surface area contributed by atoms with E-state index in [0.29, 0.717) is 37.6 Å². The maximum atomic E-state index is 12.6. The van der Waals surface area contributed by atoms with Crippen molar-refractivity contribution < 1.29 is 14.1 Å². The zero-order valence-corrected chi connectivity index (χ0v) is 15.9. The number of methoxy groups -OCH3 is 1. The molecule has 3 aromatic rings. The minimum absolute atomic E-state index is 0.0347. The van der Waals surface area contributed by atoms with Crippen molar-refractivity contribution in [3.8, 4) is 17.1 Å². The summed E-state index contributed by atoms with van der Waals surface area (Å²) in [4.78, 5) is 19.9. The molecule has 27 heavy (non-hydrogen) atoms. The number of carbonyl (C=O) groups excluding carboxylic acids is 1. The summed E-state index contributed by atoms with van der Waals surface area (Å²) in [5.74, 6) is 1.75. The van der Waals surface area contributed by atoms with Crippen LogP contribution in [0.5, 0.6) is 5.75 Å². The lowest BCUT2D eigenvalue weighted by molar-refractivity contribution is -0.131. The third-order valence-corrected chi connectivity index (χ3v) is 4.86. The van der Waals surface area contributed by atoms with Gasteiger partial charge in [-0.1, -0.05) is 17.3 Å². The lowest BCUT2D eigenvalue weighted by Crippen LogP contribution is -2.30. The lowest BCUT2D eigenvalue weighted by Gasteiger charge is -2.20. The molecule has 6 nitrogen and oxygen atoms in total. The Morgan fingerprint density at radius 3 is 2.81 bits per heavy atom. The van der Waals surface area contributed by atoms with Crippen molar-refractivity contribution in [2.24, 2.45) is 0 Å². The van der Waals surface area contributed by atoms with Gasteiger partial charge in [0.25, 0.3) is 0 Å². The standard InChI is InChI=1S/C20H21N3O3S/c1-3-12-23(14-17-5-4-13-27-17)19(24)11-10-18-21-20(22-26-18)15-6-8-16(25-2)9-7-15/h3-9,13H,1,10-12,14H2,2H3. The van der Waals surface area contributed by atoms with Crippen LogP contribution in [0.1, 0.15) is 17.2 Å². The minimum Gasteiger partial charge on any atom is -0.497 e. The third kappa shape index (κ3) is 5.04. The molecule has 0 aliphatic rings. The molecule has 140 valence electrons. The van der Waals surface area contributed by atoms with Crippen LogP contribution in [-0.2, 0) is 17.8 Å². The fourth-order valence-corrected chi connectivity index (χ4v) is 3.31. The van der Waals surface area contributed by atoms with Gasteiger partial charge in [-0.15, -0.1) is 17.9 Å². The molecule has 0 spiro atoms. The number of nitrogens with zero attached hydrogens (tertiary/aromatic N) is 3. The Bertz CT molecular complexity index is 872. The average molecular weight is 383 g/mol. The maximum Gasteiger partial charge on any atom is 0.227 e. The zero-order chi connectivity index (χ0) is 19.1. The Balaban J connectivity index is 1.59. The first-order valence-electron chi connectivity index (χ1n) is 8.57. The monoisotopic (exact) mass is 383 g/mol. The van der Waals surface area contributed by atoms with Crippen LogP contribution >= 0.6 is 11.3 Å². The number of benzene rings is 1. The van der Waals surface area contributed by atoms with E-state index in [0.717, 1.165) is 16.2 Å². The first-order valence-corrected chi connectivity index (χ1v) is 9.45. The molecule has 3 rings (SSSR count). The number of aromatic nitrogens is 2. The van der Waals surface area contributed by atoms with Gasteiger partial charge in [-0.05, 0) is 35.7 Å². The van der Waals surface area contributed by atoms with E-state index in [1.807, 2.05) is 41.8 Å². The molecule has 1 amide bonds. The number of thiophene rings is 1. The molecule has 0 N–H and O–H groups in total. The van der Waals surface area contributed by atoms with Crippen LogP contribution in [-0.4, -0.2) is 34.6 Å². The van der Waals surface area contributed by atoms with Crippen LogP contribution in [0, 0.1) is 0 Å². The summed E-state index contributed by atoms with van der Waals surface area (Å²) >= 11 is 1.63. The van der Waals surface area contributed by atoms with Crippen molar-refractivity contribution >= 4 is 17.2 Å². The summed E-state index contributed by atoms with van der Waals surface area (Å²) < 4.78 is 10.4. The van der Waals surface area contributed by atoms with Crippen LogP contribution in [0.25, 0.3) is 11.4 Å². The molecule has 0 saturated carbocycles. The summed E-state index contributed by atoms with van der Waals surface area (Å²) in [5, 5.41) is 6.00. The molecule has 0 atom stereocenters. The van der Waals surface area contributed by atoms with Gasteiger partial charge in [0.05, 0.1) is 13.7 Å². The quantitative estimate of drug-likeness (QED) is 0.523. The number of ether oxygens (including phenoxy) is 1. The fourth-order valence-electron chi connectivity index (χ4n) is 2.59. The number of hydrogen-bond acceptors (Lipinski definition) is 6. The van der Waals surface area contributed by atoms with Crippen LogP contribution in [0.15, 0.2) is 59.0 Å². The van der Waals surface area contributed by atoms with Gasteiger partial charge in [0.2, 0.25) is 17.6 Å². The zero-order valence-electron chi connectivity index (χ0n) is 15.1. The predicted molar refractivity (Wildman–Crippen MR) is 105 cm³/mol.